The molecule has 1 amide bonds. The van der Waals surface area contributed by atoms with E-state index >= 15 is 0 Å². The van der Waals surface area contributed by atoms with Gasteiger partial charge in [0, 0.05) is 30.7 Å². The molecule has 114 valence electrons. The first-order valence-electron chi connectivity index (χ1n) is 6.85. The fourth-order valence-corrected chi connectivity index (χ4v) is 2.26. The molecule has 0 fully saturated rings. The highest BCUT2D eigenvalue weighted by Crippen LogP contribution is 2.15. The molecule has 1 aromatic rings. The molecule has 0 aliphatic heterocycles. The minimum Gasteiger partial charge on any atom is -0.444 e. The van der Waals surface area contributed by atoms with Gasteiger partial charge in [0.2, 0.25) is 0 Å². The highest BCUT2D eigenvalue weighted by Gasteiger charge is 2.19. The molecule has 1 atom stereocenters. The van der Waals surface area contributed by atoms with E-state index in [-0.39, 0.29) is 6.09 Å². The molecule has 0 saturated carbocycles. The topological polar surface area (TPSA) is 54.5 Å². The maximum atomic E-state index is 11.8. The zero-order valence-electron chi connectivity index (χ0n) is 13.0. The smallest absolute Gasteiger partial charge is 0.410 e. The minimum atomic E-state index is -0.440. The van der Waals surface area contributed by atoms with E-state index in [9.17, 15) is 4.79 Å². The number of hydrogen-bond acceptors (Lipinski definition) is 5. The second-order valence-corrected chi connectivity index (χ2v) is 6.75. The first-order chi connectivity index (χ1) is 9.29. The normalized spacial score (nSPS) is 13.1. The van der Waals surface area contributed by atoms with Crippen LogP contribution in [0.15, 0.2) is 11.7 Å². The third-order valence-electron chi connectivity index (χ3n) is 2.70. The van der Waals surface area contributed by atoms with E-state index in [1.807, 2.05) is 32.5 Å². The highest BCUT2D eigenvalue weighted by atomic mass is 32.1. The first-order valence-corrected chi connectivity index (χ1v) is 7.73. The quantitative estimate of drug-likeness (QED) is 0.820. The molecule has 0 aromatic carbocycles. The van der Waals surface area contributed by atoms with Crippen LogP contribution in [0.3, 0.4) is 0 Å². The number of ether oxygens (including phenoxy) is 1. The van der Waals surface area contributed by atoms with Gasteiger partial charge in [-0.3, -0.25) is 4.98 Å². The average Bonchev–Trinajstić information content (AvgIpc) is 2.85. The lowest BCUT2D eigenvalue weighted by molar-refractivity contribution is 0.0297. The summed E-state index contributed by atoms with van der Waals surface area (Å²) in [7, 11) is 1.76. The van der Waals surface area contributed by atoms with Crippen molar-refractivity contribution in [3.63, 3.8) is 0 Å². The van der Waals surface area contributed by atoms with E-state index in [0.717, 1.165) is 13.0 Å². The van der Waals surface area contributed by atoms with Crippen molar-refractivity contribution in [1.82, 2.24) is 15.2 Å². The molecule has 1 unspecified atom stereocenters. The van der Waals surface area contributed by atoms with Crippen LogP contribution < -0.4 is 5.32 Å². The monoisotopic (exact) mass is 299 g/mol. The third-order valence-corrected chi connectivity index (χ3v) is 3.66. The van der Waals surface area contributed by atoms with Crippen LogP contribution in [0.2, 0.25) is 0 Å². The highest BCUT2D eigenvalue weighted by molar-refractivity contribution is 7.09. The molecule has 0 spiro atoms. The van der Waals surface area contributed by atoms with Crippen LogP contribution in [-0.2, 0) is 4.74 Å². The first kappa shape index (κ1) is 16.9. The predicted molar refractivity (Wildman–Crippen MR) is 82.0 cm³/mol. The van der Waals surface area contributed by atoms with Gasteiger partial charge in [-0.25, -0.2) is 4.79 Å². The van der Waals surface area contributed by atoms with Crippen molar-refractivity contribution in [1.29, 1.82) is 0 Å². The summed E-state index contributed by atoms with van der Waals surface area (Å²) in [5.41, 5.74) is 1.40. The molecule has 0 radical (unpaired) electrons. The molecule has 0 aliphatic rings. The maximum Gasteiger partial charge on any atom is 0.410 e. The van der Waals surface area contributed by atoms with Crippen LogP contribution >= 0.6 is 11.3 Å². The molecule has 5 nitrogen and oxygen atoms in total. The van der Waals surface area contributed by atoms with Crippen molar-refractivity contribution in [3.8, 4) is 0 Å². The fourth-order valence-electron chi connectivity index (χ4n) is 1.61. The van der Waals surface area contributed by atoms with Crippen molar-refractivity contribution in [2.75, 3.05) is 20.1 Å². The zero-order valence-corrected chi connectivity index (χ0v) is 13.8. The molecule has 6 heteroatoms. The molecular weight excluding hydrogens is 274 g/mol. The third kappa shape index (κ3) is 6.34. The van der Waals surface area contributed by atoms with E-state index in [1.54, 1.807) is 23.3 Å². The van der Waals surface area contributed by atoms with Crippen molar-refractivity contribution in [3.05, 3.63) is 16.6 Å². The van der Waals surface area contributed by atoms with Crippen LogP contribution in [0.25, 0.3) is 0 Å². The lowest BCUT2D eigenvalue weighted by Gasteiger charge is -2.24. The molecule has 0 bridgehead atoms. The van der Waals surface area contributed by atoms with Gasteiger partial charge in [-0.1, -0.05) is 0 Å². The molecule has 20 heavy (non-hydrogen) atoms. The Hall–Kier alpha value is -1.14. The molecule has 1 heterocycles. The summed E-state index contributed by atoms with van der Waals surface area (Å²) in [6, 6.07) is 0.300. The Morgan fingerprint density at radius 1 is 1.55 bits per heavy atom. The van der Waals surface area contributed by atoms with Gasteiger partial charge in [-0.05, 0) is 40.7 Å². The summed E-state index contributed by atoms with van der Waals surface area (Å²) < 4.78 is 5.30. The van der Waals surface area contributed by atoms with E-state index in [2.05, 4.69) is 17.2 Å². The van der Waals surface area contributed by atoms with Crippen molar-refractivity contribution >= 4 is 17.4 Å². The zero-order chi connectivity index (χ0) is 15.2. The van der Waals surface area contributed by atoms with E-state index in [4.69, 9.17) is 4.74 Å². The Kier molecular flexibility index (Phi) is 6.42. The number of aromatic nitrogens is 1. The van der Waals surface area contributed by atoms with Crippen LogP contribution in [0.1, 0.15) is 45.0 Å². The van der Waals surface area contributed by atoms with Gasteiger partial charge < -0.3 is 15.0 Å². The van der Waals surface area contributed by atoms with Crippen molar-refractivity contribution in [2.45, 2.75) is 45.8 Å². The van der Waals surface area contributed by atoms with Gasteiger partial charge in [0.05, 0.1) is 5.51 Å². The summed E-state index contributed by atoms with van der Waals surface area (Å²) in [6.45, 7) is 9.26. The second-order valence-electron chi connectivity index (χ2n) is 5.84. The number of nitrogens with zero attached hydrogens (tertiary/aromatic N) is 2. The molecule has 0 aliphatic carbocycles. The van der Waals surface area contributed by atoms with Gasteiger partial charge in [0.15, 0.2) is 0 Å². The van der Waals surface area contributed by atoms with E-state index < -0.39 is 5.60 Å². The lowest BCUT2D eigenvalue weighted by atomic mass is 10.2. The number of carbonyl (C=O) groups is 1. The number of nitrogens with one attached hydrogen (secondary N) is 1. The standard InChI is InChI=1S/C14H25N3O2S/c1-11(12-9-15-10-20-12)16-7-6-8-17(5)13(18)19-14(2,3)4/h9-11,16H,6-8H2,1-5H3. The van der Waals surface area contributed by atoms with Gasteiger partial charge in [0.25, 0.3) is 0 Å². The lowest BCUT2D eigenvalue weighted by Crippen LogP contribution is -2.35. The Morgan fingerprint density at radius 3 is 2.80 bits per heavy atom. The van der Waals surface area contributed by atoms with Gasteiger partial charge in [-0.2, -0.15) is 0 Å². The van der Waals surface area contributed by atoms with Crippen LogP contribution in [-0.4, -0.2) is 41.7 Å². The van der Waals surface area contributed by atoms with Gasteiger partial charge in [0.1, 0.15) is 5.60 Å². The Bertz CT molecular complexity index is 401. The Labute approximate surface area is 125 Å². The summed E-state index contributed by atoms with van der Waals surface area (Å²) in [4.78, 5) is 18.7. The Morgan fingerprint density at radius 2 is 2.25 bits per heavy atom. The molecule has 1 N–H and O–H groups in total. The summed E-state index contributed by atoms with van der Waals surface area (Å²) in [5.74, 6) is 0. The van der Waals surface area contributed by atoms with Crippen LogP contribution in [0, 0.1) is 0 Å². The SMILES string of the molecule is CC(NCCCN(C)C(=O)OC(C)(C)C)c1cncs1. The maximum absolute atomic E-state index is 11.8. The summed E-state index contributed by atoms with van der Waals surface area (Å²) in [5, 5.41) is 3.42. The minimum absolute atomic E-state index is 0.270. The predicted octanol–water partition coefficient (Wildman–Crippen LogP) is 3.05. The molecule has 0 saturated heterocycles. The number of carbonyl (C=O) groups excluding carboxylic acids is 1. The molecule has 1 rings (SSSR count). The molecule has 1 aromatic heterocycles. The number of rotatable bonds is 6. The van der Waals surface area contributed by atoms with Crippen LogP contribution in [0.5, 0.6) is 0 Å². The number of hydrogen-bond donors (Lipinski definition) is 1. The number of amides is 1. The van der Waals surface area contributed by atoms with Crippen molar-refractivity contribution < 1.29 is 9.53 Å². The largest absolute Gasteiger partial charge is 0.444 e. The van der Waals surface area contributed by atoms with Crippen molar-refractivity contribution in [2.24, 2.45) is 0 Å². The van der Waals surface area contributed by atoms with Gasteiger partial charge in [-0.15, -0.1) is 11.3 Å². The molecular formula is C14H25N3O2S. The van der Waals surface area contributed by atoms with Gasteiger partial charge >= 0.3 is 6.09 Å². The second kappa shape index (κ2) is 7.59. The number of thiazole rings is 1. The average molecular weight is 299 g/mol. The fraction of sp³-hybridized carbons (Fsp3) is 0.714. The van der Waals surface area contributed by atoms with E-state index in [1.165, 1.54) is 4.88 Å². The summed E-state index contributed by atoms with van der Waals surface area (Å²) in [6.07, 6.45) is 2.50. The van der Waals surface area contributed by atoms with Crippen LogP contribution in [0.4, 0.5) is 4.79 Å². The Balaban J connectivity index is 2.19. The summed E-state index contributed by atoms with van der Waals surface area (Å²) >= 11 is 1.65. The van der Waals surface area contributed by atoms with E-state index in [0.29, 0.717) is 12.6 Å².